The summed E-state index contributed by atoms with van der Waals surface area (Å²) in [5.41, 5.74) is 1.36. The van der Waals surface area contributed by atoms with E-state index in [-0.39, 0.29) is 11.3 Å². The molecule has 1 aromatic carbocycles. The molecule has 1 heterocycles. The van der Waals surface area contributed by atoms with Crippen LogP contribution in [0.2, 0.25) is 0 Å². The minimum Gasteiger partial charge on any atom is -0.492 e. The summed E-state index contributed by atoms with van der Waals surface area (Å²) in [6.07, 6.45) is 2.74. The number of thiazole rings is 1. The summed E-state index contributed by atoms with van der Waals surface area (Å²) >= 11 is 4.96. The first kappa shape index (κ1) is 17.9. The van der Waals surface area contributed by atoms with Gasteiger partial charge in [0, 0.05) is 18.0 Å². The fraction of sp³-hybridized carbons (Fsp3) is 0.412. The SMILES string of the molecule is CC(C)(C)c1ccc(OCCCC(=O)Nc2nccs2)c(Br)c1. The van der Waals surface area contributed by atoms with Gasteiger partial charge in [-0.25, -0.2) is 4.98 Å². The lowest BCUT2D eigenvalue weighted by Crippen LogP contribution is -2.13. The van der Waals surface area contributed by atoms with Crippen LogP contribution in [0.25, 0.3) is 0 Å². The van der Waals surface area contributed by atoms with Crippen LogP contribution in [0, 0.1) is 0 Å². The third-order valence-electron chi connectivity index (χ3n) is 3.28. The van der Waals surface area contributed by atoms with Crippen LogP contribution in [0.5, 0.6) is 5.75 Å². The van der Waals surface area contributed by atoms with Crippen LogP contribution in [-0.2, 0) is 10.2 Å². The Labute approximate surface area is 149 Å². The summed E-state index contributed by atoms with van der Waals surface area (Å²) in [6.45, 7) is 7.03. The van der Waals surface area contributed by atoms with E-state index in [1.807, 2.05) is 11.4 Å². The number of nitrogens with one attached hydrogen (secondary N) is 1. The molecule has 1 N–H and O–H groups in total. The number of hydrogen-bond donors (Lipinski definition) is 1. The third-order valence-corrected chi connectivity index (χ3v) is 4.59. The number of nitrogens with zero attached hydrogens (tertiary/aromatic N) is 1. The van der Waals surface area contributed by atoms with Crippen LogP contribution in [0.3, 0.4) is 0 Å². The Hall–Kier alpha value is -1.40. The number of aromatic nitrogens is 1. The van der Waals surface area contributed by atoms with E-state index < -0.39 is 0 Å². The van der Waals surface area contributed by atoms with Gasteiger partial charge in [-0.1, -0.05) is 26.8 Å². The van der Waals surface area contributed by atoms with E-state index in [1.54, 1.807) is 6.20 Å². The van der Waals surface area contributed by atoms with Crippen molar-refractivity contribution in [1.82, 2.24) is 4.98 Å². The highest BCUT2D eigenvalue weighted by Gasteiger charge is 2.15. The van der Waals surface area contributed by atoms with Gasteiger partial charge in [0.25, 0.3) is 0 Å². The van der Waals surface area contributed by atoms with Crippen LogP contribution in [0.15, 0.2) is 34.2 Å². The number of rotatable bonds is 6. The maximum absolute atomic E-state index is 11.7. The number of anilines is 1. The monoisotopic (exact) mass is 396 g/mol. The zero-order valence-corrected chi connectivity index (χ0v) is 16.0. The summed E-state index contributed by atoms with van der Waals surface area (Å²) < 4.78 is 6.69. The lowest BCUT2D eigenvalue weighted by molar-refractivity contribution is -0.116. The van der Waals surface area contributed by atoms with E-state index >= 15 is 0 Å². The molecular weight excluding hydrogens is 376 g/mol. The van der Waals surface area contributed by atoms with Crippen LogP contribution in [0.1, 0.15) is 39.2 Å². The van der Waals surface area contributed by atoms with E-state index in [9.17, 15) is 4.79 Å². The first-order valence-electron chi connectivity index (χ1n) is 7.48. The Morgan fingerprint density at radius 3 is 2.78 bits per heavy atom. The van der Waals surface area contributed by atoms with Crippen molar-refractivity contribution >= 4 is 38.3 Å². The maximum atomic E-state index is 11.7. The molecule has 4 nitrogen and oxygen atoms in total. The summed E-state index contributed by atoms with van der Waals surface area (Å²) in [5, 5.41) is 5.23. The first-order chi connectivity index (χ1) is 10.9. The molecule has 2 aromatic rings. The highest BCUT2D eigenvalue weighted by molar-refractivity contribution is 9.10. The minimum absolute atomic E-state index is 0.0364. The predicted octanol–water partition coefficient (Wildman–Crippen LogP) is 5.00. The molecule has 124 valence electrons. The molecule has 0 aliphatic rings. The Kier molecular flexibility index (Phi) is 6.18. The van der Waals surface area contributed by atoms with Crippen LogP contribution in [0.4, 0.5) is 5.13 Å². The number of ether oxygens (including phenoxy) is 1. The van der Waals surface area contributed by atoms with Crippen molar-refractivity contribution in [3.8, 4) is 5.75 Å². The summed E-state index contributed by atoms with van der Waals surface area (Å²) in [4.78, 5) is 15.8. The predicted molar refractivity (Wildman–Crippen MR) is 98.3 cm³/mol. The number of carbonyl (C=O) groups is 1. The maximum Gasteiger partial charge on any atom is 0.226 e. The number of benzene rings is 1. The van der Waals surface area contributed by atoms with Crippen molar-refractivity contribution < 1.29 is 9.53 Å². The molecule has 0 spiro atoms. The molecule has 0 saturated heterocycles. The average Bonchev–Trinajstić information content (AvgIpc) is 2.96. The third kappa shape index (κ3) is 5.62. The molecule has 0 bridgehead atoms. The number of hydrogen-bond acceptors (Lipinski definition) is 4. The van der Waals surface area contributed by atoms with E-state index in [2.05, 4.69) is 59.1 Å². The Bertz CT molecular complexity index is 651. The highest BCUT2D eigenvalue weighted by Crippen LogP contribution is 2.31. The molecule has 0 saturated carbocycles. The van der Waals surface area contributed by atoms with Crippen molar-refractivity contribution in [2.45, 2.75) is 39.0 Å². The van der Waals surface area contributed by atoms with E-state index in [1.165, 1.54) is 16.9 Å². The smallest absolute Gasteiger partial charge is 0.226 e. The normalized spacial score (nSPS) is 11.3. The molecule has 23 heavy (non-hydrogen) atoms. The second-order valence-corrected chi connectivity index (χ2v) is 7.98. The van der Waals surface area contributed by atoms with Gasteiger partial charge in [-0.15, -0.1) is 11.3 Å². The van der Waals surface area contributed by atoms with Gasteiger partial charge in [0.05, 0.1) is 11.1 Å². The molecule has 6 heteroatoms. The van der Waals surface area contributed by atoms with Gasteiger partial charge >= 0.3 is 0 Å². The summed E-state index contributed by atoms with van der Waals surface area (Å²) in [7, 11) is 0. The molecule has 0 unspecified atom stereocenters. The summed E-state index contributed by atoms with van der Waals surface area (Å²) in [6, 6.07) is 6.14. The minimum atomic E-state index is -0.0364. The molecule has 0 aliphatic carbocycles. The molecule has 1 aromatic heterocycles. The molecule has 0 atom stereocenters. The second kappa shape index (κ2) is 7.93. The largest absolute Gasteiger partial charge is 0.492 e. The van der Waals surface area contributed by atoms with Crippen LogP contribution in [-0.4, -0.2) is 17.5 Å². The Balaban J connectivity index is 1.77. The quantitative estimate of drug-likeness (QED) is 0.698. The van der Waals surface area contributed by atoms with Gasteiger partial charge in [-0.05, 0) is 45.5 Å². The molecule has 0 fully saturated rings. The first-order valence-corrected chi connectivity index (χ1v) is 9.16. The Morgan fingerprint density at radius 2 is 2.17 bits per heavy atom. The average molecular weight is 397 g/mol. The van der Waals surface area contributed by atoms with E-state index in [0.29, 0.717) is 24.6 Å². The zero-order valence-electron chi connectivity index (χ0n) is 13.6. The van der Waals surface area contributed by atoms with Crippen molar-refractivity contribution in [3.63, 3.8) is 0 Å². The fourth-order valence-electron chi connectivity index (χ4n) is 1.97. The number of carbonyl (C=O) groups excluding carboxylic acids is 1. The van der Waals surface area contributed by atoms with E-state index in [0.717, 1.165) is 10.2 Å². The van der Waals surface area contributed by atoms with Crippen LogP contribution < -0.4 is 10.1 Å². The zero-order chi connectivity index (χ0) is 16.9. The molecule has 0 aliphatic heterocycles. The lowest BCUT2D eigenvalue weighted by atomic mass is 9.87. The molecule has 2 rings (SSSR count). The second-order valence-electron chi connectivity index (χ2n) is 6.23. The fourth-order valence-corrected chi connectivity index (χ4v) is 3.00. The van der Waals surface area contributed by atoms with Crippen molar-refractivity contribution in [2.24, 2.45) is 0 Å². The molecule has 1 amide bonds. The van der Waals surface area contributed by atoms with Crippen molar-refractivity contribution in [1.29, 1.82) is 0 Å². The number of halogens is 1. The standard InChI is InChI=1S/C17H21BrN2O2S/c1-17(2,3)12-6-7-14(13(18)11-12)22-9-4-5-15(21)20-16-19-8-10-23-16/h6-8,10-11H,4-5,9H2,1-3H3,(H,19,20,21). The topological polar surface area (TPSA) is 51.2 Å². The van der Waals surface area contributed by atoms with Gasteiger partial charge < -0.3 is 10.1 Å². The summed E-state index contributed by atoms with van der Waals surface area (Å²) in [5.74, 6) is 0.768. The van der Waals surface area contributed by atoms with Gasteiger partial charge in [-0.3, -0.25) is 4.79 Å². The molecule has 0 radical (unpaired) electrons. The lowest BCUT2D eigenvalue weighted by Gasteiger charge is -2.20. The van der Waals surface area contributed by atoms with Gasteiger partial charge in [0.2, 0.25) is 5.91 Å². The van der Waals surface area contributed by atoms with Gasteiger partial charge in [-0.2, -0.15) is 0 Å². The number of amides is 1. The van der Waals surface area contributed by atoms with Gasteiger partial charge in [0.15, 0.2) is 5.13 Å². The van der Waals surface area contributed by atoms with Crippen molar-refractivity contribution in [2.75, 3.05) is 11.9 Å². The van der Waals surface area contributed by atoms with Crippen molar-refractivity contribution in [3.05, 3.63) is 39.8 Å². The van der Waals surface area contributed by atoms with E-state index in [4.69, 9.17) is 4.74 Å². The van der Waals surface area contributed by atoms with Gasteiger partial charge in [0.1, 0.15) is 5.75 Å². The van der Waals surface area contributed by atoms with Crippen LogP contribution >= 0.6 is 27.3 Å². The molecular formula is C17H21BrN2O2S. The highest BCUT2D eigenvalue weighted by atomic mass is 79.9. The Morgan fingerprint density at radius 1 is 1.39 bits per heavy atom.